The van der Waals surface area contributed by atoms with Crippen LogP contribution in [-0.2, 0) is 26.2 Å². The van der Waals surface area contributed by atoms with Gasteiger partial charge in [-0.25, -0.2) is 8.42 Å². The Morgan fingerprint density at radius 2 is 1.51 bits per heavy atom. The SMILES string of the molecule is CC(C)NC(=O)[C@H](C)N(Cc1ccc(Cl)cc1Cl)C(=O)CN(c1ccc(Cl)c(Cl)c1)S(=O)(=O)c1ccccc1. The van der Waals surface area contributed by atoms with Crippen molar-refractivity contribution < 1.29 is 18.0 Å². The van der Waals surface area contributed by atoms with Crippen LogP contribution in [-0.4, -0.2) is 43.8 Å². The molecule has 3 aromatic rings. The first-order valence-corrected chi connectivity index (χ1v) is 14.8. The number of nitrogens with one attached hydrogen (secondary N) is 1. The summed E-state index contributed by atoms with van der Waals surface area (Å²) < 4.78 is 28.4. The van der Waals surface area contributed by atoms with E-state index in [4.69, 9.17) is 46.4 Å². The Balaban J connectivity index is 2.07. The first kappa shape index (κ1) is 31.0. The molecule has 3 aromatic carbocycles. The van der Waals surface area contributed by atoms with E-state index in [0.717, 1.165) is 4.31 Å². The Hall–Kier alpha value is -2.49. The molecule has 0 unspecified atom stereocenters. The van der Waals surface area contributed by atoms with Crippen LogP contribution < -0.4 is 9.62 Å². The fraction of sp³-hybridized carbons (Fsp3) is 0.259. The van der Waals surface area contributed by atoms with Crippen molar-refractivity contribution >= 4 is 73.9 Å². The third-order valence-corrected chi connectivity index (χ3v) is 8.87. The maximum atomic E-state index is 13.9. The summed E-state index contributed by atoms with van der Waals surface area (Å²) in [7, 11) is -4.22. The molecule has 0 saturated carbocycles. The van der Waals surface area contributed by atoms with Crippen LogP contribution in [0.5, 0.6) is 0 Å². The number of halogens is 4. The van der Waals surface area contributed by atoms with E-state index in [0.29, 0.717) is 15.6 Å². The van der Waals surface area contributed by atoms with E-state index >= 15 is 0 Å². The monoisotopic (exact) mass is 629 g/mol. The minimum atomic E-state index is -4.22. The van der Waals surface area contributed by atoms with Crippen LogP contribution in [0, 0.1) is 0 Å². The van der Waals surface area contributed by atoms with Gasteiger partial charge in [0, 0.05) is 22.6 Å². The number of carbonyl (C=O) groups excluding carboxylic acids is 2. The number of anilines is 1. The molecule has 39 heavy (non-hydrogen) atoms. The van der Waals surface area contributed by atoms with Crippen molar-refractivity contribution in [2.45, 2.75) is 44.3 Å². The van der Waals surface area contributed by atoms with Crippen LogP contribution in [0.2, 0.25) is 20.1 Å². The maximum absolute atomic E-state index is 13.9. The molecule has 0 radical (unpaired) electrons. The highest BCUT2D eigenvalue weighted by Crippen LogP contribution is 2.31. The molecule has 1 atom stereocenters. The minimum Gasteiger partial charge on any atom is -0.352 e. The highest BCUT2D eigenvalue weighted by Gasteiger charge is 2.33. The van der Waals surface area contributed by atoms with Crippen molar-refractivity contribution in [3.8, 4) is 0 Å². The van der Waals surface area contributed by atoms with E-state index in [1.165, 1.54) is 41.3 Å². The van der Waals surface area contributed by atoms with Crippen LogP contribution in [0.1, 0.15) is 26.3 Å². The summed E-state index contributed by atoms with van der Waals surface area (Å²) in [5.74, 6) is -1.05. The number of carbonyl (C=O) groups is 2. The second-order valence-electron chi connectivity index (χ2n) is 9.02. The number of hydrogen-bond donors (Lipinski definition) is 1. The van der Waals surface area contributed by atoms with E-state index < -0.39 is 34.4 Å². The number of amides is 2. The molecule has 0 spiro atoms. The largest absolute Gasteiger partial charge is 0.352 e. The molecule has 0 aliphatic carbocycles. The van der Waals surface area contributed by atoms with Crippen molar-refractivity contribution in [2.24, 2.45) is 0 Å². The molecule has 0 saturated heterocycles. The van der Waals surface area contributed by atoms with Gasteiger partial charge in [-0.05, 0) is 68.8 Å². The number of benzene rings is 3. The second-order valence-corrected chi connectivity index (χ2v) is 12.5. The Bertz CT molecular complexity index is 1450. The second kappa shape index (κ2) is 13.2. The zero-order chi connectivity index (χ0) is 28.9. The van der Waals surface area contributed by atoms with E-state index in [9.17, 15) is 18.0 Å². The van der Waals surface area contributed by atoms with Gasteiger partial charge in [0.1, 0.15) is 12.6 Å². The Labute approximate surface area is 248 Å². The molecule has 208 valence electrons. The molecule has 2 amide bonds. The van der Waals surface area contributed by atoms with Crippen molar-refractivity contribution in [3.63, 3.8) is 0 Å². The molecule has 3 rings (SSSR count). The lowest BCUT2D eigenvalue weighted by molar-refractivity contribution is -0.139. The van der Waals surface area contributed by atoms with E-state index in [1.807, 2.05) is 0 Å². The third kappa shape index (κ3) is 7.80. The molecular weight excluding hydrogens is 604 g/mol. The third-order valence-electron chi connectivity index (χ3n) is 5.76. The predicted molar refractivity (Wildman–Crippen MR) is 157 cm³/mol. The molecule has 0 aliphatic heterocycles. The van der Waals surface area contributed by atoms with E-state index in [-0.39, 0.29) is 33.2 Å². The predicted octanol–water partition coefficient (Wildman–Crippen LogP) is 6.44. The lowest BCUT2D eigenvalue weighted by atomic mass is 10.1. The standard InChI is InChI=1S/C27H27Cl4N3O4S/c1-17(2)32-27(36)18(3)33(15-19-9-10-20(28)13-24(19)30)26(35)16-34(21-11-12-23(29)25(31)14-21)39(37,38)22-7-5-4-6-8-22/h4-14,17-18H,15-16H2,1-3H3,(H,32,36)/t18-/m0/s1. The molecular formula is C27H27Cl4N3O4S. The summed E-state index contributed by atoms with van der Waals surface area (Å²) in [6, 6.07) is 15.6. The molecule has 12 heteroatoms. The number of sulfonamides is 1. The van der Waals surface area contributed by atoms with Gasteiger partial charge < -0.3 is 10.2 Å². The van der Waals surface area contributed by atoms with Gasteiger partial charge in [-0.15, -0.1) is 0 Å². The van der Waals surface area contributed by atoms with Gasteiger partial charge in [0.15, 0.2) is 0 Å². The zero-order valence-corrected chi connectivity index (χ0v) is 25.2. The number of hydrogen-bond acceptors (Lipinski definition) is 4. The van der Waals surface area contributed by atoms with Gasteiger partial charge in [-0.2, -0.15) is 0 Å². The number of rotatable bonds is 10. The molecule has 0 aliphatic rings. The zero-order valence-electron chi connectivity index (χ0n) is 21.4. The van der Waals surface area contributed by atoms with Crippen molar-refractivity contribution in [1.29, 1.82) is 0 Å². The molecule has 0 aromatic heterocycles. The van der Waals surface area contributed by atoms with E-state index in [2.05, 4.69) is 5.32 Å². The molecule has 0 bridgehead atoms. The number of nitrogens with zero attached hydrogens (tertiary/aromatic N) is 2. The highest BCUT2D eigenvalue weighted by atomic mass is 35.5. The first-order valence-electron chi connectivity index (χ1n) is 11.9. The minimum absolute atomic E-state index is 0.0261. The van der Waals surface area contributed by atoms with Gasteiger partial charge >= 0.3 is 0 Å². The first-order chi connectivity index (χ1) is 18.3. The maximum Gasteiger partial charge on any atom is 0.264 e. The molecule has 7 nitrogen and oxygen atoms in total. The Morgan fingerprint density at radius 3 is 2.10 bits per heavy atom. The Morgan fingerprint density at radius 1 is 0.846 bits per heavy atom. The average molecular weight is 631 g/mol. The quantitative estimate of drug-likeness (QED) is 0.279. The topological polar surface area (TPSA) is 86.8 Å². The smallest absolute Gasteiger partial charge is 0.264 e. The summed E-state index contributed by atoms with van der Waals surface area (Å²) >= 11 is 24.7. The summed E-state index contributed by atoms with van der Waals surface area (Å²) in [6.07, 6.45) is 0. The molecule has 0 heterocycles. The lowest BCUT2D eigenvalue weighted by Crippen LogP contribution is -2.52. The van der Waals surface area contributed by atoms with Crippen molar-refractivity contribution in [3.05, 3.63) is 92.4 Å². The van der Waals surface area contributed by atoms with Crippen LogP contribution in [0.3, 0.4) is 0 Å². The fourth-order valence-electron chi connectivity index (χ4n) is 3.71. The van der Waals surface area contributed by atoms with Gasteiger partial charge in [0.05, 0.1) is 20.6 Å². The Kier molecular flexibility index (Phi) is 10.5. The molecule has 1 N–H and O–H groups in total. The van der Waals surface area contributed by atoms with Crippen LogP contribution >= 0.6 is 46.4 Å². The van der Waals surface area contributed by atoms with Crippen LogP contribution in [0.4, 0.5) is 5.69 Å². The fourth-order valence-corrected chi connectivity index (χ4v) is 5.90. The lowest BCUT2D eigenvalue weighted by Gasteiger charge is -2.32. The highest BCUT2D eigenvalue weighted by molar-refractivity contribution is 7.92. The van der Waals surface area contributed by atoms with Crippen molar-refractivity contribution in [2.75, 3.05) is 10.8 Å². The summed E-state index contributed by atoms with van der Waals surface area (Å²) in [6.45, 7) is 4.47. The van der Waals surface area contributed by atoms with Gasteiger partial charge in [-0.1, -0.05) is 70.7 Å². The normalized spacial score (nSPS) is 12.2. The van der Waals surface area contributed by atoms with Gasteiger partial charge in [-0.3, -0.25) is 13.9 Å². The average Bonchev–Trinajstić information content (AvgIpc) is 2.88. The summed E-state index contributed by atoms with van der Waals surface area (Å²) in [4.78, 5) is 28.1. The van der Waals surface area contributed by atoms with E-state index in [1.54, 1.807) is 51.1 Å². The summed E-state index contributed by atoms with van der Waals surface area (Å²) in [5.41, 5.74) is 0.663. The summed E-state index contributed by atoms with van der Waals surface area (Å²) in [5, 5.41) is 3.84. The van der Waals surface area contributed by atoms with Crippen LogP contribution in [0.25, 0.3) is 0 Å². The van der Waals surface area contributed by atoms with Crippen molar-refractivity contribution in [1.82, 2.24) is 10.2 Å². The van der Waals surface area contributed by atoms with Gasteiger partial charge in [0.2, 0.25) is 11.8 Å². The van der Waals surface area contributed by atoms with Gasteiger partial charge in [0.25, 0.3) is 10.0 Å². The van der Waals surface area contributed by atoms with Crippen LogP contribution in [0.15, 0.2) is 71.6 Å². The molecule has 0 fully saturated rings.